The van der Waals surface area contributed by atoms with Gasteiger partial charge in [0.15, 0.2) is 0 Å². The maximum atomic E-state index is 12.8. The lowest BCUT2D eigenvalue weighted by Crippen LogP contribution is -2.28. The summed E-state index contributed by atoms with van der Waals surface area (Å²) < 4.78 is 10.6. The first kappa shape index (κ1) is 16.5. The van der Waals surface area contributed by atoms with E-state index < -0.39 is 0 Å². The van der Waals surface area contributed by atoms with Crippen LogP contribution in [0.25, 0.3) is 10.9 Å². The van der Waals surface area contributed by atoms with Crippen LogP contribution in [0.4, 0.5) is 5.69 Å². The fourth-order valence-electron chi connectivity index (χ4n) is 3.73. The van der Waals surface area contributed by atoms with Gasteiger partial charge in [0.2, 0.25) is 5.91 Å². The van der Waals surface area contributed by atoms with Gasteiger partial charge in [-0.05, 0) is 43.0 Å². The Morgan fingerprint density at radius 2 is 2.00 bits per heavy atom. The van der Waals surface area contributed by atoms with E-state index in [-0.39, 0.29) is 11.8 Å². The molecule has 0 spiro atoms. The third-order valence-electron chi connectivity index (χ3n) is 5.13. The van der Waals surface area contributed by atoms with Crippen LogP contribution in [0, 0.1) is 5.92 Å². The topological polar surface area (TPSA) is 63.3 Å². The van der Waals surface area contributed by atoms with Crippen molar-refractivity contribution < 1.29 is 14.3 Å². The molecule has 4 rings (SSSR count). The number of aromatic amines is 1. The van der Waals surface area contributed by atoms with Crippen molar-refractivity contribution in [2.24, 2.45) is 5.92 Å². The van der Waals surface area contributed by atoms with E-state index in [9.17, 15) is 4.79 Å². The van der Waals surface area contributed by atoms with Crippen LogP contribution in [-0.4, -0.2) is 25.1 Å². The minimum Gasteiger partial charge on any atom is -0.497 e. The van der Waals surface area contributed by atoms with Gasteiger partial charge in [0.1, 0.15) is 11.5 Å². The third-order valence-corrected chi connectivity index (χ3v) is 5.13. The van der Waals surface area contributed by atoms with Crippen LogP contribution in [0.3, 0.4) is 0 Å². The Labute approximate surface area is 152 Å². The van der Waals surface area contributed by atoms with E-state index in [4.69, 9.17) is 9.47 Å². The molecule has 0 saturated carbocycles. The van der Waals surface area contributed by atoms with Crippen LogP contribution >= 0.6 is 0 Å². The van der Waals surface area contributed by atoms with Gasteiger partial charge < -0.3 is 19.8 Å². The van der Waals surface area contributed by atoms with Crippen LogP contribution < -0.4 is 14.8 Å². The van der Waals surface area contributed by atoms with Crippen molar-refractivity contribution in [2.45, 2.75) is 19.3 Å². The number of amides is 1. The average Bonchev–Trinajstić information content (AvgIpc) is 3.06. The predicted molar refractivity (Wildman–Crippen MR) is 102 cm³/mol. The third kappa shape index (κ3) is 2.90. The number of H-pyrrole nitrogens is 1. The maximum absolute atomic E-state index is 12.8. The standard InChI is InChI=1S/C21H22N2O3/c1-25-14-8-10-19(20(12-14)26-2)23-21(24)13-7-9-18-16(11-13)15-5-3-4-6-17(15)22-18/h3-6,8,10,12-13,22H,7,9,11H2,1-2H3,(H,23,24). The summed E-state index contributed by atoms with van der Waals surface area (Å²) in [6.07, 6.45) is 2.48. The van der Waals surface area contributed by atoms with E-state index >= 15 is 0 Å². The molecule has 134 valence electrons. The molecule has 1 atom stereocenters. The Hall–Kier alpha value is -2.95. The van der Waals surface area contributed by atoms with Crippen molar-refractivity contribution in [3.8, 4) is 11.5 Å². The van der Waals surface area contributed by atoms with Gasteiger partial charge in [-0.15, -0.1) is 0 Å². The van der Waals surface area contributed by atoms with Gasteiger partial charge >= 0.3 is 0 Å². The Morgan fingerprint density at radius 1 is 1.15 bits per heavy atom. The average molecular weight is 350 g/mol. The first-order valence-corrected chi connectivity index (χ1v) is 8.81. The smallest absolute Gasteiger partial charge is 0.227 e. The number of benzene rings is 2. The second kappa shape index (κ2) is 6.75. The number of anilines is 1. The van der Waals surface area contributed by atoms with Crippen LogP contribution in [0.2, 0.25) is 0 Å². The first-order chi connectivity index (χ1) is 12.7. The van der Waals surface area contributed by atoms with Gasteiger partial charge in [0.05, 0.1) is 19.9 Å². The summed E-state index contributed by atoms with van der Waals surface area (Å²) in [6, 6.07) is 13.7. The molecule has 2 aromatic carbocycles. The number of hydrogen-bond donors (Lipinski definition) is 2. The minimum absolute atomic E-state index is 0.0318. The summed E-state index contributed by atoms with van der Waals surface area (Å²) in [7, 11) is 3.19. The fraction of sp³-hybridized carbons (Fsp3) is 0.286. The van der Waals surface area contributed by atoms with Crippen LogP contribution in [0.1, 0.15) is 17.7 Å². The van der Waals surface area contributed by atoms with Crippen molar-refractivity contribution in [1.29, 1.82) is 0 Å². The lowest BCUT2D eigenvalue weighted by molar-refractivity contribution is -0.120. The lowest BCUT2D eigenvalue weighted by Gasteiger charge is -2.22. The van der Waals surface area contributed by atoms with Crippen molar-refractivity contribution >= 4 is 22.5 Å². The van der Waals surface area contributed by atoms with Gasteiger partial charge in [0.25, 0.3) is 0 Å². The molecule has 0 bridgehead atoms. The van der Waals surface area contributed by atoms with E-state index in [0.717, 1.165) is 24.8 Å². The fourth-order valence-corrected chi connectivity index (χ4v) is 3.73. The van der Waals surface area contributed by atoms with E-state index in [1.165, 1.54) is 16.6 Å². The summed E-state index contributed by atoms with van der Waals surface area (Å²) in [4.78, 5) is 16.3. The SMILES string of the molecule is COc1ccc(NC(=O)C2CCc3[nH]c4ccccc4c3C2)c(OC)c1. The molecule has 2 N–H and O–H groups in total. The van der Waals surface area contributed by atoms with Crippen molar-refractivity contribution in [2.75, 3.05) is 19.5 Å². The normalized spacial score (nSPS) is 16.2. The van der Waals surface area contributed by atoms with Gasteiger partial charge in [-0.1, -0.05) is 18.2 Å². The summed E-state index contributed by atoms with van der Waals surface area (Å²) in [6.45, 7) is 0. The molecule has 0 saturated heterocycles. The second-order valence-electron chi connectivity index (χ2n) is 6.62. The monoisotopic (exact) mass is 350 g/mol. The number of carbonyl (C=O) groups excluding carboxylic acids is 1. The van der Waals surface area contributed by atoms with E-state index in [2.05, 4.69) is 22.4 Å². The number of hydrogen-bond acceptors (Lipinski definition) is 3. The highest BCUT2D eigenvalue weighted by atomic mass is 16.5. The Morgan fingerprint density at radius 3 is 2.81 bits per heavy atom. The molecular weight excluding hydrogens is 328 g/mol. The molecule has 0 fully saturated rings. The summed E-state index contributed by atoms with van der Waals surface area (Å²) in [5.41, 5.74) is 4.35. The quantitative estimate of drug-likeness (QED) is 0.749. The van der Waals surface area contributed by atoms with E-state index in [1.54, 1.807) is 20.3 Å². The number of rotatable bonds is 4. The number of para-hydroxylation sites is 1. The van der Waals surface area contributed by atoms with E-state index in [1.807, 2.05) is 24.3 Å². The van der Waals surface area contributed by atoms with Crippen molar-refractivity contribution in [3.63, 3.8) is 0 Å². The number of carbonyl (C=O) groups is 1. The Kier molecular flexibility index (Phi) is 4.29. The molecular formula is C21H22N2O3. The zero-order valence-electron chi connectivity index (χ0n) is 15.0. The zero-order valence-corrected chi connectivity index (χ0v) is 15.0. The summed E-state index contributed by atoms with van der Waals surface area (Å²) >= 11 is 0. The molecule has 3 aromatic rings. The number of aryl methyl sites for hydroxylation is 1. The molecule has 1 heterocycles. The maximum Gasteiger partial charge on any atom is 0.227 e. The molecule has 0 radical (unpaired) electrons. The lowest BCUT2D eigenvalue weighted by atomic mass is 9.86. The van der Waals surface area contributed by atoms with Crippen LogP contribution in [0.15, 0.2) is 42.5 Å². The van der Waals surface area contributed by atoms with Gasteiger partial charge in [-0.3, -0.25) is 4.79 Å². The molecule has 1 aliphatic carbocycles. The summed E-state index contributed by atoms with van der Waals surface area (Å²) in [5, 5.41) is 4.25. The number of aromatic nitrogens is 1. The highest BCUT2D eigenvalue weighted by Crippen LogP contribution is 2.34. The number of nitrogens with one attached hydrogen (secondary N) is 2. The van der Waals surface area contributed by atoms with Crippen LogP contribution in [-0.2, 0) is 17.6 Å². The first-order valence-electron chi connectivity index (χ1n) is 8.81. The highest BCUT2D eigenvalue weighted by Gasteiger charge is 2.27. The van der Waals surface area contributed by atoms with Gasteiger partial charge in [-0.2, -0.15) is 0 Å². The molecule has 1 aromatic heterocycles. The molecule has 1 amide bonds. The van der Waals surface area contributed by atoms with Crippen LogP contribution in [0.5, 0.6) is 11.5 Å². The van der Waals surface area contributed by atoms with E-state index in [0.29, 0.717) is 17.2 Å². The van der Waals surface area contributed by atoms with Crippen molar-refractivity contribution in [3.05, 3.63) is 53.7 Å². The molecule has 0 aliphatic heterocycles. The Bertz CT molecular complexity index is 961. The highest BCUT2D eigenvalue weighted by molar-refractivity contribution is 5.95. The molecule has 1 aliphatic rings. The Balaban J connectivity index is 1.55. The summed E-state index contributed by atoms with van der Waals surface area (Å²) in [5.74, 6) is 1.28. The van der Waals surface area contributed by atoms with Gasteiger partial charge in [-0.25, -0.2) is 0 Å². The number of ether oxygens (including phenoxy) is 2. The second-order valence-corrected chi connectivity index (χ2v) is 6.62. The minimum atomic E-state index is -0.0477. The molecule has 5 nitrogen and oxygen atoms in total. The van der Waals surface area contributed by atoms with Gasteiger partial charge in [0, 0.05) is 28.6 Å². The molecule has 5 heteroatoms. The number of fused-ring (bicyclic) bond motifs is 3. The zero-order chi connectivity index (χ0) is 18.1. The van der Waals surface area contributed by atoms with Crippen molar-refractivity contribution in [1.82, 2.24) is 4.98 Å². The number of methoxy groups -OCH3 is 2. The largest absolute Gasteiger partial charge is 0.497 e. The molecule has 1 unspecified atom stereocenters. The molecule has 26 heavy (non-hydrogen) atoms. The predicted octanol–water partition coefficient (Wildman–Crippen LogP) is 3.93.